The lowest BCUT2D eigenvalue weighted by Gasteiger charge is -2.25. The number of benzene rings is 1. The molecule has 1 aliphatic rings. The number of halogens is 2. The number of hydrogen-bond donors (Lipinski definition) is 2. The third kappa shape index (κ3) is 7.31. The lowest BCUT2D eigenvalue weighted by atomic mass is 10.1. The standard InChI is InChI=1S/C19H27ClN6O2.HI/c1-3-21-19(22-10-11-28-16-7-4-14(20)5-8-16)23-15-6-9-18-24-17(13-27-2)25-26(18)12-15;/h4-5,7-8,15H,3,6,9-13H2,1-2H3,(H2,21,22,23);1H. The van der Waals surface area contributed by atoms with Gasteiger partial charge in [0.15, 0.2) is 11.8 Å². The lowest BCUT2D eigenvalue weighted by molar-refractivity contribution is 0.177. The van der Waals surface area contributed by atoms with Crippen LogP contribution in [0.2, 0.25) is 5.02 Å². The van der Waals surface area contributed by atoms with E-state index >= 15 is 0 Å². The minimum Gasteiger partial charge on any atom is -0.492 e. The monoisotopic (exact) mass is 534 g/mol. The number of methoxy groups -OCH3 is 1. The molecule has 0 saturated heterocycles. The SMILES string of the molecule is CCNC(=NCCOc1ccc(Cl)cc1)NC1CCc2nc(COC)nn2C1.I. The summed E-state index contributed by atoms with van der Waals surface area (Å²) in [5, 5.41) is 12.0. The molecule has 10 heteroatoms. The van der Waals surface area contributed by atoms with Crippen molar-refractivity contribution in [3.05, 3.63) is 40.9 Å². The first kappa shape index (κ1) is 23.7. The first-order valence-electron chi connectivity index (χ1n) is 9.52. The molecule has 1 aromatic heterocycles. The fraction of sp³-hybridized carbons (Fsp3) is 0.526. The Labute approximate surface area is 193 Å². The molecule has 2 N–H and O–H groups in total. The van der Waals surface area contributed by atoms with E-state index in [9.17, 15) is 0 Å². The topological polar surface area (TPSA) is 85.6 Å². The third-order valence-corrected chi connectivity index (χ3v) is 4.56. The number of fused-ring (bicyclic) bond motifs is 1. The van der Waals surface area contributed by atoms with E-state index in [1.165, 1.54) is 0 Å². The van der Waals surface area contributed by atoms with E-state index in [1.54, 1.807) is 7.11 Å². The van der Waals surface area contributed by atoms with Crippen LogP contribution in [-0.4, -0.2) is 53.6 Å². The van der Waals surface area contributed by atoms with Crippen molar-refractivity contribution < 1.29 is 9.47 Å². The van der Waals surface area contributed by atoms with Gasteiger partial charge >= 0.3 is 0 Å². The summed E-state index contributed by atoms with van der Waals surface area (Å²) in [6.07, 6.45) is 1.87. The number of aromatic nitrogens is 3. The molecule has 0 radical (unpaired) electrons. The van der Waals surface area contributed by atoms with Crippen LogP contribution in [0.15, 0.2) is 29.3 Å². The maximum absolute atomic E-state index is 5.88. The van der Waals surface area contributed by atoms with Gasteiger partial charge < -0.3 is 20.1 Å². The molecule has 3 rings (SSSR count). The van der Waals surface area contributed by atoms with Gasteiger partial charge in [-0.3, -0.25) is 0 Å². The summed E-state index contributed by atoms with van der Waals surface area (Å²) in [5.74, 6) is 3.32. The Balaban J connectivity index is 0.00000300. The van der Waals surface area contributed by atoms with Crippen molar-refractivity contribution in [2.75, 3.05) is 26.8 Å². The molecule has 1 unspecified atom stereocenters. The molecule has 160 valence electrons. The quantitative estimate of drug-likeness (QED) is 0.234. The fourth-order valence-corrected chi connectivity index (χ4v) is 3.16. The highest BCUT2D eigenvalue weighted by molar-refractivity contribution is 14.0. The van der Waals surface area contributed by atoms with Gasteiger partial charge in [-0.05, 0) is 37.6 Å². The smallest absolute Gasteiger partial charge is 0.191 e. The molecule has 2 aromatic rings. The van der Waals surface area contributed by atoms with E-state index < -0.39 is 0 Å². The van der Waals surface area contributed by atoms with Gasteiger partial charge in [-0.15, -0.1) is 24.0 Å². The highest BCUT2D eigenvalue weighted by Crippen LogP contribution is 2.15. The van der Waals surface area contributed by atoms with Crippen LogP contribution in [0.3, 0.4) is 0 Å². The van der Waals surface area contributed by atoms with Crippen molar-refractivity contribution in [1.29, 1.82) is 0 Å². The summed E-state index contributed by atoms with van der Waals surface area (Å²) < 4.78 is 12.8. The van der Waals surface area contributed by atoms with Crippen molar-refractivity contribution in [2.45, 2.75) is 39.0 Å². The van der Waals surface area contributed by atoms with Gasteiger partial charge in [0.2, 0.25) is 0 Å². The highest BCUT2D eigenvalue weighted by Gasteiger charge is 2.22. The Morgan fingerprint density at radius 3 is 2.86 bits per heavy atom. The van der Waals surface area contributed by atoms with E-state index in [0.717, 1.165) is 49.3 Å². The van der Waals surface area contributed by atoms with Crippen molar-refractivity contribution >= 4 is 41.5 Å². The number of guanidine groups is 1. The molecule has 29 heavy (non-hydrogen) atoms. The Kier molecular flexibility index (Phi) is 9.95. The summed E-state index contributed by atoms with van der Waals surface area (Å²) in [4.78, 5) is 9.12. The summed E-state index contributed by atoms with van der Waals surface area (Å²) in [7, 11) is 1.65. The van der Waals surface area contributed by atoms with Gasteiger partial charge in [0, 0.05) is 31.1 Å². The molecule has 8 nitrogen and oxygen atoms in total. The maximum Gasteiger partial charge on any atom is 0.191 e. The predicted octanol–water partition coefficient (Wildman–Crippen LogP) is 2.64. The van der Waals surface area contributed by atoms with Crippen LogP contribution in [0.4, 0.5) is 0 Å². The zero-order valence-electron chi connectivity index (χ0n) is 16.7. The van der Waals surface area contributed by atoms with Crippen molar-refractivity contribution in [1.82, 2.24) is 25.4 Å². The Hall–Kier alpha value is -1.59. The van der Waals surface area contributed by atoms with Crippen LogP contribution >= 0.6 is 35.6 Å². The molecule has 0 fully saturated rings. The average Bonchev–Trinajstić information content (AvgIpc) is 3.08. The number of rotatable bonds is 8. The Morgan fingerprint density at radius 1 is 1.34 bits per heavy atom. The van der Waals surface area contributed by atoms with Crippen molar-refractivity contribution in [3.63, 3.8) is 0 Å². The zero-order valence-corrected chi connectivity index (χ0v) is 19.8. The number of ether oxygens (including phenoxy) is 2. The molecular formula is C19H28ClIN6O2. The Morgan fingerprint density at radius 2 is 2.14 bits per heavy atom. The zero-order chi connectivity index (χ0) is 19.8. The second-order valence-electron chi connectivity index (χ2n) is 6.50. The minimum absolute atomic E-state index is 0. The van der Waals surface area contributed by atoms with Gasteiger partial charge in [-0.25, -0.2) is 14.7 Å². The van der Waals surface area contributed by atoms with Crippen molar-refractivity contribution in [3.8, 4) is 5.75 Å². The molecule has 2 heterocycles. The van der Waals surface area contributed by atoms with E-state index in [2.05, 4.69) is 32.6 Å². The van der Waals surface area contributed by atoms with Crippen LogP contribution in [-0.2, 0) is 24.3 Å². The summed E-state index contributed by atoms with van der Waals surface area (Å²) in [6.45, 7) is 5.10. The molecule has 1 aliphatic heterocycles. The second-order valence-corrected chi connectivity index (χ2v) is 6.94. The predicted molar refractivity (Wildman–Crippen MR) is 124 cm³/mol. The minimum atomic E-state index is 0. The van der Waals surface area contributed by atoms with Crippen molar-refractivity contribution in [2.24, 2.45) is 4.99 Å². The first-order valence-corrected chi connectivity index (χ1v) is 9.90. The third-order valence-electron chi connectivity index (χ3n) is 4.30. The number of nitrogens with zero attached hydrogens (tertiary/aromatic N) is 4. The molecular weight excluding hydrogens is 507 g/mol. The molecule has 0 saturated carbocycles. The molecule has 1 aromatic carbocycles. The van der Waals surface area contributed by atoms with Crippen LogP contribution in [0, 0.1) is 0 Å². The van der Waals surface area contributed by atoms with E-state index in [0.29, 0.717) is 24.8 Å². The van der Waals surface area contributed by atoms with E-state index in [1.807, 2.05) is 28.9 Å². The van der Waals surface area contributed by atoms with E-state index in [-0.39, 0.29) is 30.0 Å². The van der Waals surface area contributed by atoms with Crippen LogP contribution in [0.1, 0.15) is 25.0 Å². The maximum atomic E-state index is 5.88. The highest BCUT2D eigenvalue weighted by atomic mass is 127. The average molecular weight is 535 g/mol. The largest absolute Gasteiger partial charge is 0.492 e. The summed E-state index contributed by atoms with van der Waals surface area (Å²) in [6, 6.07) is 7.58. The number of aliphatic imine (C=N–C) groups is 1. The van der Waals surface area contributed by atoms with E-state index in [4.69, 9.17) is 21.1 Å². The normalized spacial score (nSPS) is 16.0. The number of nitrogens with one attached hydrogen (secondary N) is 2. The van der Waals surface area contributed by atoms with Gasteiger partial charge in [-0.2, -0.15) is 5.10 Å². The van der Waals surface area contributed by atoms with Crippen LogP contribution in [0.25, 0.3) is 0 Å². The molecule has 1 atom stereocenters. The molecule has 0 bridgehead atoms. The summed E-state index contributed by atoms with van der Waals surface area (Å²) in [5.41, 5.74) is 0. The Bertz CT molecular complexity index is 784. The lowest BCUT2D eigenvalue weighted by Crippen LogP contribution is -2.47. The van der Waals surface area contributed by atoms with Crippen LogP contribution < -0.4 is 15.4 Å². The fourth-order valence-electron chi connectivity index (χ4n) is 3.03. The first-order chi connectivity index (χ1) is 13.7. The van der Waals surface area contributed by atoms with Gasteiger partial charge in [-0.1, -0.05) is 11.6 Å². The number of hydrogen-bond acceptors (Lipinski definition) is 5. The van der Waals surface area contributed by atoms with Gasteiger partial charge in [0.05, 0.1) is 13.1 Å². The summed E-state index contributed by atoms with van der Waals surface area (Å²) >= 11 is 5.88. The molecule has 0 aliphatic carbocycles. The second kappa shape index (κ2) is 12.2. The molecule has 0 spiro atoms. The van der Waals surface area contributed by atoms with Crippen LogP contribution in [0.5, 0.6) is 5.75 Å². The number of aryl methyl sites for hydroxylation is 1. The van der Waals surface area contributed by atoms with Gasteiger partial charge in [0.25, 0.3) is 0 Å². The molecule has 0 amide bonds. The van der Waals surface area contributed by atoms with Gasteiger partial charge in [0.1, 0.15) is 24.8 Å².